The molecule has 0 unspecified atom stereocenters. The molecule has 0 heterocycles. The fourth-order valence-electron chi connectivity index (χ4n) is 1.07. The standard InChI is InChI=1S/C8H8ClF3N2O3S/c9-4-1-2-5(13)6(15)7(4)18(16,17)14-3-8(10,11)12/h1-2,14-15H,3,13H2. The molecule has 0 amide bonds. The predicted molar refractivity (Wildman–Crippen MR) is 58.8 cm³/mol. The number of sulfonamides is 1. The van der Waals surface area contributed by atoms with E-state index in [1.54, 1.807) is 0 Å². The Bertz CT molecular complexity index is 559. The largest absolute Gasteiger partial charge is 0.504 e. The average molecular weight is 305 g/mol. The van der Waals surface area contributed by atoms with Gasteiger partial charge in [-0.15, -0.1) is 0 Å². The first-order valence-corrected chi connectivity index (χ1v) is 6.24. The van der Waals surface area contributed by atoms with Gasteiger partial charge in [-0.1, -0.05) is 11.6 Å². The third-order valence-corrected chi connectivity index (χ3v) is 3.75. The summed E-state index contributed by atoms with van der Waals surface area (Å²) in [7, 11) is -4.61. The Kier molecular flexibility index (Phi) is 3.99. The number of rotatable bonds is 3. The lowest BCUT2D eigenvalue weighted by Crippen LogP contribution is -2.34. The second-order valence-corrected chi connectivity index (χ2v) is 5.37. The van der Waals surface area contributed by atoms with E-state index in [0.29, 0.717) is 0 Å². The van der Waals surface area contributed by atoms with Gasteiger partial charge in [-0.25, -0.2) is 13.1 Å². The molecule has 0 aliphatic rings. The highest BCUT2D eigenvalue weighted by Crippen LogP contribution is 2.35. The summed E-state index contributed by atoms with van der Waals surface area (Å²) in [6.45, 7) is -1.78. The lowest BCUT2D eigenvalue weighted by molar-refractivity contribution is -0.121. The number of aromatic hydroxyl groups is 1. The van der Waals surface area contributed by atoms with Crippen LogP contribution in [0.5, 0.6) is 5.75 Å². The van der Waals surface area contributed by atoms with Crippen LogP contribution < -0.4 is 10.5 Å². The number of anilines is 1. The maximum atomic E-state index is 11.9. The van der Waals surface area contributed by atoms with Gasteiger partial charge in [-0.05, 0) is 12.1 Å². The summed E-state index contributed by atoms with van der Waals surface area (Å²) in [5.74, 6) is -0.892. The number of phenols is 1. The highest BCUT2D eigenvalue weighted by atomic mass is 35.5. The summed E-state index contributed by atoms with van der Waals surface area (Å²) in [5, 5.41) is 9.00. The normalized spacial score (nSPS) is 12.7. The zero-order chi connectivity index (χ0) is 14.1. The molecule has 0 fully saturated rings. The molecule has 1 aromatic rings. The van der Waals surface area contributed by atoms with Crippen LogP contribution in [0.25, 0.3) is 0 Å². The van der Waals surface area contributed by atoms with E-state index in [0.717, 1.165) is 12.1 Å². The van der Waals surface area contributed by atoms with Crippen molar-refractivity contribution >= 4 is 27.3 Å². The van der Waals surface area contributed by atoms with Crippen LogP contribution in [0.15, 0.2) is 17.0 Å². The van der Waals surface area contributed by atoms with E-state index in [1.165, 1.54) is 4.72 Å². The van der Waals surface area contributed by atoms with Crippen molar-refractivity contribution in [2.45, 2.75) is 11.1 Å². The van der Waals surface area contributed by atoms with Gasteiger partial charge in [0.1, 0.15) is 11.4 Å². The van der Waals surface area contributed by atoms with Gasteiger partial charge in [0.25, 0.3) is 0 Å². The lowest BCUT2D eigenvalue weighted by atomic mass is 10.3. The molecule has 10 heteroatoms. The minimum Gasteiger partial charge on any atom is -0.504 e. The monoisotopic (exact) mass is 304 g/mol. The van der Waals surface area contributed by atoms with Crippen molar-refractivity contribution in [3.8, 4) is 5.75 Å². The highest BCUT2D eigenvalue weighted by Gasteiger charge is 2.32. The quantitative estimate of drug-likeness (QED) is 0.582. The van der Waals surface area contributed by atoms with Crippen LogP contribution in [0.1, 0.15) is 0 Å². The summed E-state index contributed by atoms with van der Waals surface area (Å²) in [5.41, 5.74) is 4.93. The number of nitrogens with two attached hydrogens (primary N) is 1. The van der Waals surface area contributed by atoms with Gasteiger partial charge >= 0.3 is 6.18 Å². The molecule has 18 heavy (non-hydrogen) atoms. The number of phenolic OH excluding ortho intramolecular Hbond substituents is 1. The van der Waals surface area contributed by atoms with Crippen molar-refractivity contribution in [1.29, 1.82) is 0 Å². The van der Waals surface area contributed by atoms with Crippen LogP contribution in [-0.2, 0) is 10.0 Å². The molecule has 0 aromatic heterocycles. The molecule has 0 saturated heterocycles. The van der Waals surface area contributed by atoms with Gasteiger partial charge < -0.3 is 10.8 Å². The summed E-state index contributed by atoms with van der Waals surface area (Å²) in [6.07, 6.45) is -4.73. The molecule has 0 radical (unpaired) electrons. The van der Waals surface area contributed by atoms with Crippen molar-refractivity contribution in [2.75, 3.05) is 12.3 Å². The number of nitrogens with one attached hydrogen (secondary N) is 1. The highest BCUT2D eigenvalue weighted by molar-refractivity contribution is 7.89. The molecule has 0 bridgehead atoms. The predicted octanol–water partition coefficient (Wildman–Crippen LogP) is 1.47. The maximum absolute atomic E-state index is 11.9. The van der Waals surface area contributed by atoms with E-state index >= 15 is 0 Å². The van der Waals surface area contributed by atoms with Crippen LogP contribution in [-0.4, -0.2) is 26.2 Å². The van der Waals surface area contributed by atoms with Crippen molar-refractivity contribution in [3.05, 3.63) is 17.2 Å². The number of hydrogen-bond donors (Lipinski definition) is 3. The average Bonchev–Trinajstić information content (AvgIpc) is 2.20. The Morgan fingerprint density at radius 3 is 2.44 bits per heavy atom. The second-order valence-electron chi connectivity index (χ2n) is 3.25. The van der Waals surface area contributed by atoms with Crippen LogP contribution >= 0.6 is 11.6 Å². The van der Waals surface area contributed by atoms with E-state index in [9.17, 15) is 26.7 Å². The van der Waals surface area contributed by atoms with Gasteiger partial charge in [0.15, 0.2) is 5.75 Å². The topological polar surface area (TPSA) is 92.4 Å². The van der Waals surface area contributed by atoms with Crippen LogP contribution in [0.3, 0.4) is 0 Å². The van der Waals surface area contributed by atoms with Crippen LogP contribution in [0.4, 0.5) is 18.9 Å². The van der Waals surface area contributed by atoms with E-state index in [1.807, 2.05) is 0 Å². The van der Waals surface area contributed by atoms with Crippen molar-refractivity contribution in [2.24, 2.45) is 0 Å². The summed E-state index contributed by atoms with van der Waals surface area (Å²) in [4.78, 5) is -0.881. The molecule has 102 valence electrons. The van der Waals surface area contributed by atoms with Gasteiger partial charge in [0.2, 0.25) is 10.0 Å². The van der Waals surface area contributed by atoms with Crippen molar-refractivity contribution in [1.82, 2.24) is 4.72 Å². The third-order valence-electron chi connectivity index (χ3n) is 1.85. The van der Waals surface area contributed by atoms with Crippen LogP contribution in [0, 0.1) is 0 Å². The molecular weight excluding hydrogens is 297 g/mol. The smallest absolute Gasteiger partial charge is 0.402 e. The number of hydrogen-bond acceptors (Lipinski definition) is 4. The van der Waals surface area contributed by atoms with Gasteiger partial charge in [0.05, 0.1) is 10.7 Å². The molecule has 1 aromatic carbocycles. The Hall–Kier alpha value is -1.19. The Morgan fingerprint density at radius 2 is 1.94 bits per heavy atom. The first-order valence-electron chi connectivity index (χ1n) is 4.38. The Labute approximate surface area is 105 Å². The third kappa shape index (κ3) is 3.40. The number of alkyl halides is 3. The lowest BCUT2D eigenvalue weighted by Gasteiger charge is -2.12. The minimum atomic E-state index is -4.73. The molecule has 0 aliphatic carbocycles. The molecule has 0 spiro atoms. The maximum Gasteiger partial charge on any atom is 0.402 e. The number of nitrogen functional groups attached to an aromatic ring is 1. The van der Waals surface area contributed by atoms with Crippen molar-refractivity contribution in [3.63, 3.8) is 0 Å². The number of benzene rings is 1. The Morgan fingerprint density at radius 1 is 1.39 bits per heavy atom. The molecule has 0 aliphatic heterocycles. The summed E-state index contributed by atoms with van der Waals surface area (Å²) >= 11 is 5.52. The summed E-state index contributed by atoms with van der Waals surface area (Å²) in [6, 6.07) is 2.18. The minimum absolute atomic E-state index is 0.313. The van der Waals surface area contributed by atoms with Gasteiger partial charge in [-0.3, -0.25) is 0 Å². The molecule has 5 nitrogen and oxygen atoms in total. The SMILES string of the molecule is Nc1ccc(Cl)c(S(=O)(=O)NCC(F)(F)F)c1O. The van der Waals surface area contributed by atoms with E-state index in [-0.39, 0.29) is 5.69 Å². The van der Waals surface area contributed by atoms with Gasteiger partial charge in [-0.2, -0.15) is 13.2 Å². The van der Waals surface area contributed by atoms with Crippen LogP contribution in [0.2, 0.25) is 5.02 Å². The molecule has 1 rings (SSSR count). The van der Waals surface area contributed by atoms with E-state index in [2.05, 4.69) is 0 Å². The van der Waals surface area contributed by atoms with E-state index < -0.39 is 38.4 Å². The second kappa shape index (κ2) is 4.82. The Balaban J connectivity index is 3.18. The fraction of sp³-hybridized carbons (Fsp3) is 0.250. The number of halogens is 4. The zero-order valence-electron chi connectivity index (χ0n) is 8.62. The summed E-state index contributed by atoms with van der Waals surface area (Å²) < 4.78 is 60.2. The molecular formula is C8H8ClF3N2O3S. The molecule has 4 N–H and O–H groups in total. The molecule has 0 atom stereocenters. The zero-order valence-corrected chi connectivity index (χ0v) is 10.2. The molecule has 0 saturated carbocycles. The van der Waals surface area contributed by atoms with E-state index in [4.69, 9.17) is 17.3 Å². The first kappa shape index (κ1) is 14.9. The fourth-order valence-corrected chi connectivity index (χ4v) is 2.72. The van der Waals surface area contributed by atoms with Crippen molar-refractivity contribution < 1.29 is 26.7 Å². The van der Waals surface area contributed by atoms with Gasteiger partial charge in [0, 0.05) is 0 Å². The first-order chi connectivity index (χ1) is 8.04.